The minimum atomic E-state index is -0.537. The van der Waals surface area contributed by atoms with Crippen LogP contribution in [0.3, 0.4) is 0 Å². The number of ether oxygens (including phenoxy) is 2. The van der Waals surface area contributed by atoms with E-state index in [0.717, 1.165) is 40.5 Å². The molecule has 8 amide bonds. The van der Waals surface area contributed by atoms with Gasteiger partial charge in [0.25, 0.3) is 69.5 Å². The molecule has 104 heavy (non-hydrogen) atoms. The van der Waals surface area contributed by atoms with E-state index in [9.17, 15) is 57.5 Å². The van der Waals surface area contributed by atoms with E-state index in [2.05, 4.69) is 74.5 Å². The first-order valence-electron chi connectivity index (χ1n) is 31.1. The third-order valence-corrected chi connectivity index (χ3v) is 17.7. The number of carbonyl (C=O) groups excluding carboxylic acids is 8. The summed E-state index contributed by atoms with van der Waals surface area (Å²) >= 11 is 9.54. The molecule has 0 saturated carbocycles. The van der Waals surface area contributed by atoms with Gasteiger partial charge in [-0.25, -0.2) is 14.4 Å². The summed E-state index contributed by atoms with van der Waals surface area (Å²) in [5, 5.41) is 0.493. The average molecular weight is 2060 g/mol. The molecule has 0 unspecified atom stereocenters. The first kappa shape index (κ1) is 76.2. The first-order chi connectivity index (χ1) is 49.4. The molecule has 0 radical (unpaired) electrons. The van der Waals surface area contributed by atoms with Gasteiger partial charge in [0.1, 0.15) is 23.0 Å². The number of halogens is 6. The van der Waals surface area contributed by atoms with Gasteiger partial charge in [0.2, 0.25) is 0 Å². The fourth-order valence-corrected chi connectivity index (χ4v) is 12.2. The van der Waals surface area contributed by atoms with E-state index in [-0.39, 0.29) is 86.5 Å². The van der Waals surface area contributed by atoms with Gasteiger partial charge >= 0.3 is 50.5 Å². The van der Waals surface area contributed by atoms with Crippen molar-refractivity contribution in [3.8, 4) is 50.9 Å². The van der Waals surface area contributed by atoms with Crippen molar-refractivity contribution in [3.63, 3.8) is 0 Å². The van der Waals surface area contributed by atoms with Crippen LogP contribution in [0.4, 0.5) is 11.4 Å². The summed E-state index contributed by atoms with van der Waals surface area (Å²) in [6, 6.07) is 58.5. The van der Waals surface area contributed by atoms with E-state index in [4.69, 9.17) is 9.47 Å². The van der Waals surface area contributed by atoms with Gasteiger partial charge in [0, 0.05) is 58.4 Å². The number of benzene rings is 10. The fraction of sp³-hybridized carbons (Fsp3) is 0.0769. The predicted octanol–water partition coefficient (Wildman–Crippen LogP) is 12.9. The van der Waals surface area contributed by atoms with E-state index in [1.54, 1.807) is 133 Å². The normalized spacial score (nSPS) is 13.1. The number of anilines is 2. The summed E-state index contributed by atoms with van der Waals surface area (Å²) in [5.41, 5.74) is 7.93. The van der Waals surface area contributed by atoms with Crippen LogP contribution in [0, 0.1) is 20.8 Å². The van der Waals surface area contributed by atoms with Gasteiger partial charge in [-0.1, -0.05) is 77.4 Å². The van der Waals surface area contributed by atoms with E-state index < -0.39 is 34.1 Å². The van der Waals surface area contributed by atoms with Gasteiger partial charge in [-0.05, 0) is 189 Å². The van der Waals surface area contributed by atoms with Crippen molar-refractivity contribution >= 4 is 179 Å². The number of aromatic nitrogens is 2. The summed E-state index contributed by atoms with van der Waals surface area (Å²) in [5.74, 6) is -0.457. The Kier molecular flexibility index (Phi) is 23.3. The van der Waals surface area contributed by atoms with Crippen molar-refractivity contribution in [2.75, 3.05) is 23.9 Å². The van der Waals surface area contributed by atoms with Crippen LogP contribution in [0.1, 0.15) is 99.6 Å². The molecule has 522 valence electrons. The molecule has 26 heteroatoms. The van der Waals surface area contributed by atoms with Crippen molar-refractivity contribution < 1.29 is 61.1 Å². The van der Waals surface area contributed by atoms with Crippen LogP contribution < -0.4 is 54.8 Å². The van der Waals surface area contributed by atoms with Crippen molar-refractivity contribution in [1.82, 2.24) is 18.9 Å². The zero-order valence-corrected chi connectivity index (χ0v) is 68.4. The standard InChI is InChI=1S/C30H20N2O5.C24H16N2O5.C24H16N2O4.I3.I2.HI/c1-17-3-9-21(10-4-17)37-22-11-7-20(8-12-22)32-29(35)24-14-6-19(16-26(24)30(32)36)18-5-13-23-25(15-18)28(34)31(2)27(23)33;1-13-3-7-15(8-4-13)31-16-9-5-14(6-10-16)26-23(29)19-11-17-18(12-20(19)24(26)30)22(28)25(2)21(17)27;1-13-3-7-16(8-4-13)26-23(29)18-10-6-15(12-20(18)24(26)30)14-5-9-17-19(11-14)22(28)25(2)21(17)27;1-3-2;1-2;/h3-16H,1-2H3;3-12H,1-2H3;3-12H,1-2H3;;;1H/q;;;-1;;. The summed E-state index contributed by atoms with van der Waals surface area (Å²) in [4.78, 5) is 156. The molecule has 0 aliphatic carbocycles. The predicted molar refractivity (Wildman–Crippen MR) is 438 cm³/mol. The topological polar surface area (TPSA) is 246 Å². The summed E-state index contributed by atoms with van der Waals surface area (Å²) in [6.07, 6.45) is 0. The maximum absolute atomic E-state index is 13.3. The van der Waals surface area contributed by atoms with Crippen LogP contribution in [0.2, 0.25) is 0 Å². The zero-order chi connectivity index (χ0) is 73.6. The number of hydrogen-bond donors (Lipinski definition) is 0. The molecule has 16 rings (SSSR count). The number of fused-ring (bicyclic) bond motifs is 6. The molecule has 0 fully saturated rings. The molecule has 0 saturated heterocycles. The third kappa shape index (κ3) is 14.5. The number of hydrogen-bond acceptors (Lipinski definition) is 14. The number of imide groups is 4. The molecule has 6 heterocycles. The minimum absolute atomic E-state index is 0. The Morgan fingerprint density at radius 2 is 0.519 bits per heavy atom. The summed E-state index contributed by atoms with van der Waals surface area (Å²) < 4.78 is 13.6. The molecule has 0 N–H and O–H groups in total. The second kappa shape index (κ2) is 31.8. The Hall–Kier alpha value is -8.98. The van der Waals surface area contributed by atoms with Crippen LogP contribution in [0.15, 0.2) is 225 Å². The quantitative estimate of drug-likeness (QED) is 0.0963. The Labute approximate surface area is 662 Å². The zero-order valence-electron chi connectivity index (χ0n) is 55.3. The molecule has 20 nitrogen and oxygen atoms in total. The number of aryl methyl sites for hydroxylation is 3. The molecule has 10 aromatic carbocycles. The van der Waals surface area contributed by atoms with Gasteiger partial charge in [0.15, 0.2) is 0 Å². The molecule has 0 bridgehead atoms. The molecule has 0 atom stereocenters. The SMILES string of the molecule is Cc1ccc(N2C(=O)c3ccc(-c4ccc5c(c4)C(=O)N(C)C5=O)cc3C2=O)cc1.Cc1ccc(Oc2ccc(-n3c(=O)c4cc5c(=O)n(C)c(=O)c5cc4c3=O)cc2)cc1.Cc1ccc(Oc2ccc(N3C(=O)c4ccc(-c5ccc6c(c5)C(=O)N(C)C6=O)cc4C3=O)cc2)cc1.I.II.I[I-]I. The van der Waals surface area contributed by atoms with E-state index in [1.807, 2.05) is 81.4 Å². The van der Waals surface area contributed by atoms with E-state index in [1.165, 1.54) is 38.2 Å². The first-order valence-corrected chi connectivity index (χ1v) is 50.0. The van der Waals surface area contributed by atoms with Crippen molar-refractivity contribution in [3.05, 3.63) is 309 Å². The van der Waals surface area contributed by atoms with Crippen LogP contribution in [0.25, 0.3) is 49.5 Å². The summed E-state index contributed by atoms with van der Waals surface area (Å²) in [6.45, 7) is 5.92. The molecule has 4 aliphatic heterocycles. The fourth-order valence-electron chi connectivity index (χ4n) is 12.2. The van der Waals surface area contributed by atoms with Gasteiger partial charge in [-0.3, -0.25) is 71.9 Å². The second-order valence-electron chi connectivity index (χ2n) is 24.0. The average Bonchev–Trinajstić information content (AvgIpc) is 1.54. The summed E-state index contributed by atoms with van der Waals surface area (Å²) in [7, 11) is 4.26. The van der Waals surface area contributed by atoms with Crippen LogP contribution in [-0.2, 0) is 7.05 Å². The Bertz CT molecular complexity index is 5700. The number of rotatable bonds is 9. The second-order valence-corrected chi connectivity index (χ2v) is 40.3. The molecular weight excluding hydrogens is 2010 g/mol. The van der Waals surface area contributed by atoms with Crippen molar-refractivity contribution in [1.29, 1.82) is 0 Å². The third-order valence-electron chi connectivity index (χ3n) is 17.7. The van der Waals surface area contributed by atoms with Crippen LogP contribution >= 0.6 is 98.4 Å². The van der Waals surface area contributed by atoms with Crippen LogP contribution in [0.5, 0.6) is 23.0 Å². The molecular formula is C78H53I6N6O14-. The van der Waals surface area contributed by atoms with Crippen molar-refractivity contribution in [2.24, 2.45) is 7.05 Å². The Balaban J connectivity index is 0.000000152. The van der Waals surface area contributed by atoms with Gasteiger partial charge in [-0.15, -0.1) is 24.0 Å². The number of amides is 8. The number of nitrogens with zero attached hydrogens (tertiary/aromatic N) is 6. The van der Waals surface area contributed by atoms with Gasteiger partial charge in [-0.2, -0.15) is 0 Å². The Morgan fingerprint density at radius 3 is 0.837 bits per heavy atom. The molecule has 2 aromatic heterocycles. The van der Waals surface area contributed by atoms with E-state index >= 15 is 0 Å². The van der Waals surface area contributed by atoms with Crippen molar-refractivity contribution in [2.45, 2.75) is 20.8 Å². The molecule has 0 spiro atoms. The maximum atomic E-state index is 13.3. The monoisotopic (exact) mass is 2060 g/mol. The number of carbonyl (C=O) groups is 8. The molecule has 4 aliphatic rings. The molecule has 12 aromatic rings. The van der Waals surface area contributed by atoms with Gasteiger partial charge in [0.05, 0.1) is 83.1 Å². The van der Waals surface area contributed by atoms with Gasteiger partial charge < -0.3 is 9.47 Å². The van der Waals surface area contributed by atoms with Crippen LogP contribution in [-0.4, -0.2) is 80.3 Å². The van der Waals surface area contributed by atoms with E-state index in [0.29, 0.717) is 115 Å². The Morgan fingerprint density at radius 1 is 0.288 bits per heavy atom.